The van der Waals surface area contributed by atoms with Crippen molar-refractivity contribution in [3.63, 3.8) is 0 Å². The Bertz CT molecular complexity index is 964. The quantitative estimate of drug-likeness (QED) is 0.736. The van der Waals surface area contributed by atoms with Gasteiger partial charge >= 0.3 is 6.09 Å². The van der Waals surface area contributed by atoms with Gasteiger partial charge in [0.1, 0.15) is 11.9 Å². The summed E-state index contributed by atoms with van der Waals surface area (Å²) in [6.45, 7) is 3.67. The average molecular weight is 429 g/mol. The standard InChI is InChI=1S/C21H24FN5O4/c22-18-7-16(27-13-17(31-20(27)28)12-26-4-3-23-24-26)1-2-19(18)25-10-14-8-21(9-15(14)11-25)29-5-6-30-21/h1-4,7,14-15,17H,5-6,8-13H2/t14?,15?,17-/m0/s1. The van der Waals surface area contributed by atoms with Crippen LogP contribution in [0.2, 0.25) is 0 Å². The number of benzene rings is 1. The van der Waals surface area contributed by atoms with E-state index in [9.17, 15) is 4.79 Å². The van der Waals surface area contributed by atoms with Gasteiger partial charge in [-0.3, -0.25) is 4.90 Å². The Hall–Kier alpha value is -2.72. The van der Waals surface area contributed by atoms with Gasteiger partial charge in [-0.15, -0.1) is 5.10 Å². The Morgan fingerprint density at radius 3 is 2.58 bits per heavy atom. The molecule has 1 aromatic carbocycles. The van der Waals surface area contributed by atoms with E-state index >= 15 is 4.39 Å². The number of carbonyl (C=O) groups excluding carboxylic acids is 1. The molecule has 1 aromatic heterocycles. The first-order valence-electron chi connectivity index (χ1n) is 10.7. The number of carbonyl (C=O) groups is 1. The van der Waals surface area contributed by atoms with Crippen LogP contribution in [0.25, 0.3) is 0 Å². The van der Waals surface area contributed by atoms with E-state index in [1.54, 1.807) is 29.2 Å². The second kappa shape index (κ2) is 7.16. The summed E-state index contributed by atoms with van der Waals surface area (Å²) in [5.41, 5.74) is 1.07. The summed E-state index contributed by atoms with van der Waals surface area (Å²) in [5.74, 6) is 0.169. The van der Waals surface area contributed by atoms with E-state index in [2.05, 4.69) is 15.2 Å². The van der Waals surface area contributed by atoms with Crippen LogP contribution < -0.4 is 9.80 Å². The number of amides is 1. The molecule has 3 atom stereocenters. The number of anilines is 2. The summed E-state index contributed by atoms with van der Waals surface area (Å²) in [4.78, 5) is 15.9. The van der Waals surface area contributed by atoms with Crippen molar-refractivity contribution in [1.82, 2.24) is 15.0 Å². The molecule has 1 saturated carbocycles. The van der Waals surface area contributed by atoms with Gasteiger partial charge in [0, 0.05) is 32.1 Å². The third-order valence-electron chi connectivity index (χ3n) is 6.86. The van der Waals surface area contributed by atoms with Crippen LogP contribution in [-0.4, -0.2) is 65.8 Å². The smallest absolute Gasteiger partial charge is 0.414 e. The van der Waals surface area contributed by atoms with Crippen LogP contribution in [0.5, 0.6) is 0 Å². The number of nitrogens with zero attached hydrogens (tertiary/aromatic N) is 5. The van der Waals surface area contributed by atoms with Crippen LogP contribution >= 0.6 is 0 Å². The molecule has 6 rings (SSSR count). The summed E-state index contributed by atoms with van der Waals surface area (Å²) in [5, 5.41) is 7.65. The zero-order chi connectivity index (χ0) is 21.0. The van der Waals surface area contributed by atoms with Gasteiger partial charge in [-0.05, 0) is 30.0 Å². The van der Waals surface area contributed by atoms with Crippen LogP contribution in [0.1, 0.15) is 12.8 Å². The predicted octanol–water partition coefficient (Wildman–Crippen LogP) is 2.03. The van der Waals surface area contributed by atoms with E-state index < -0.39 is 11.9 Å². The Labute approximate surface area is 178 Å². The Kier molecular flexibility index (Phi) is 4.39. The molecular formula is C21H24FN5O4. The second-order valence-corrected chi connectivity index (χ2v) is 8.82. The molecule has 10 heteroatoms. The van der Waals surface area contributed by atoms with Crippen LogP contribution in [0.4, 0.5) is 20.6 Å². The fourth-order valence-electron chi connectivity index (χ4n) is 5.50. The maximum atomic E-state index is 15.1. The van der Waals surface area contributed by atoms with Crippen LogP contribution in [0.15, 0.2) is 30.6 Å². The minimum atomic E-state index is -0.477. The van der Waals surface area contributed by atoms with E-state index in [0.29, 0.717) is 49.5 Å². The van der Waals surface area contributed by atoms with E-state index in [1.807, 2.05) is 0 Å². The molecule has 3 aliphatic heterocycles. The van der Waals surface area contributed by atoms with Crippen molar-refractivity contribution in [3.8, 4) is 0 Å². The lowest BCUT2D eigenvalue weighted by molar-refractivity contribution is -0.154. The number of aromatic nitrogens is 3. The van der Waals surface area contributed by atoms with E-state index in [4.69, 9.17) is 14.2 Å². The van der Waals surface area contributed by atoms with Gasteiger partial charge in [0.15, 0.2) is 5.79 Å². The SMILES string of the molecule is O=C1O[C@@H](Cn2ccnn2)CN1c1ccc(N2CC3CC4(CC3C2)OCCO4)c(F)c1. The molecule has 2 unspecified atom stereocenters. The van der Waals surface area contributed by atoms with Crippen molar-refractivity contribution in [3.05, 3.63) is 36.4 Å². The lowest BCUT2D eigenvalue weighted by Crippen LogP contribution is -2.31. The van der Waals surface area contributed by atoms with E-state index in [0.717, 1.165) is 25.9 Å². The third kappa shape index (κ3) is 3.34. The van der Waals surface area contributed by atoms with Gasteiger partial charge in [-0.25, -0.2) is 13.9 Å². The third-order valence-corrected chi connectivity index (χ3v) is 6.86. The molecule has 1 amide bonds. The highest BCUT2D eigenvalue weighted by atomic mass is 19.1. The molecule has 4 aliphatic rings. The normalized spacial score (nSPS) is 29.2. The zero-order valence-electron chi connectivity index (χ0n) is 17.0. The van der Waals surface area contributed by atoms with Gasteiger partial charge in [-0.1, -0.05) is 5.21 Å². The fourth-order valence-corrected chi connectivity index (χ4v) is 5.50. The first-order chi connectivity index (χ1) is 15.1. The largest absolute Gasteiger partial charge is 0.442 e. The monoisotopic (exact) mass is 429 g/mol. The summed E-state index contributed by atoms with van der Waals surface area (Å²) in [7, 11) is 0. The molecule has 0 N–H and O–H groups in total. The molecule has 4 fully saturated rings. The average Bonchev–Trinajstić information content (AvgIpc) is 3.54. The molecular weight excluding hydrogens is 405 g/mol. The highest BCUT2D eigenvalue weighted by Gasteiger charge is 2.52. The molecule has 4 heterocycles. The van der Waals surface area contributed by atoms with Crippen LogP contribution in [-0.2, 0) is 20.8 Å². The van der Waals surface area contributed by atoms with Gasteiger partial charge in [-0.2, -0.15) is 0 Å². The molecule has 9 nitrogen and oxygen atoms in total. The number of ether oxygens (including phenoxy) is 3. The first kappa shape index (κ1) is 19.0. The molecule has 2 aromatic rings. The van der Waals surface area contributed by atoms with Gasteiger partial charge in [0.05, 0.1) is 43.9 Å². The van der Waals surface area contributed by atoms with Crippen molar-refractivity contribution in [1.29, 1.82) is 0 Å². The van der Waals surface area contributed by atoms with Crippen LogP contribution in [0.3, 0.4) is 0 Å². The predicted molar refractivity (Wildman–Crippen MR) is 107 cm³/mol. The molecule has 1 aliphatic carbocycles. The van der Waals surface area contributed by atoms with Gasteiger partial charge in [0.25, 0.3) is 0 Å². The maximum absolute atomic E-state index is 15.1. The summed E-state index contributed by atoms with van der Waals surface area (Å²) >= 11 is 0. The molecule has 31 heavy (non-hydrogen) atoms. The Morgan fingerprint density at radius 2 is 1.90 bits per heavy atom. The van der Waals surface area contributed by atoms with Crippen molar-refractivity contribution in [2.75, 3.05) is 42.6 Å². The summed E-state index contributed by atoms with van der Waals surface area (Å²) in [6.07, 6.45) is 4.20. The van der Waals surface area contributed by atoms with E-state index in [-0.39, 0.29) is 11.9 Å². The number of rotatable bonds is 4. The maximum Gasteiger partial charge on any atom is 0.414 e. The number of cyclic esters (lactones) is 1. The van der Waals surface area contributed by atoms with Gasteiger partial charge < -0.3 is 19.1 Å². The fraction of sp³-hybridized carbons (Fsp3) is 0.571. The molecule has 0 bridgehead atoms. The molecule has 0 radical (unpaired) electrons. The Morgan fingerprint density at radius 1 is 1.13 bits per heavy atom. The topological polar surface area (TPSA) is 82.0 Å². The number of hydrogen-bond donors (Lipinski definition) is 0. The second-order valence-electron chi connectivity index (χ2n) is 8.82. The molecule has 1 spiro atoms. The summed E-state index contributed by atoms with van der Waals surface area (Å²) in [6, 6.07) is 4.98. The minimum absolute atomic E-state index is 0.326. The van der Waals surface area contributed by atoms with Crippen molar-refractivity contribution in [2.45, 2.75) is 31.3 Å². The highest BCUT2D eigenvalue weighted by Crippen LogP contribution is 2.49. The number of fused-ring (bicyclic) bond motifs is 1. The molecule has 3 saturated heterocycles. The lowest BCUT2D eigenvalue weighted by atomic mass is 10.0. The summed E-state index contributed by atoms with van der Waals surface area (Å²) < 4.78 is 33.8. The van der Waals surface area contributed by atoms with Gasteiger partial charge in [0.2, 0.25) is 0 Å². The van der Waals surface area contributed by atoms with Crippen molar-refractivity contribution < 1.29 is 23.4 Å². The highest BCUT2D eigenvalue weighted by molar-refractivity contribution is 5.90. The first-order valence-corrected chi connectivity index (χ1v) is 10.7. The van der Waals surface area contributed by atoms with Crippen molar-refractivity contribution >= 4 is 17.5 Å². The van der Waals surface area contributed by atoms with Crippen molar-refractivity contribution in [2.24, 2.45) is 11.8 Å². The zero-order valence-corrected chi connectivity index (χ0v) is 17.0. The number of halogens is 1. The molecule has 164 valence electrons. The lowest BCUT2D eigenvalue weighted by Gasteiger charge is -2.26. The van der Waals surface area contributed by atoms with Crippen LogP contribution in [0, 0.1) is 17.7 Å². The van der Waals surface area contributed by atoms with E-state index in [1.165, 1.54) is 11.0 Å². The minimum Gasteiger partial charge on any atom is -0.442 e. The number of hydrogen-bond acceptors (Lipinski definition) is 7. The Balaban J connectivity index is 1.13.